The number of hydrogen-bond acceptors (Lipinski definition) is 1. The summed E-state index contributed by atoms with van der Waals surface area (Å²) in [6, 6.07) is 62.0. The molecule has 12 aromatic rings. The van der Waals surface area contributed by atoms with Crippen molar-refractivity contribution >= 4 is 115 Å². The van der Waals surface area contributed by atoms with Crippen molar-refractivity contribution in [3.8, 4) is 28.6 Å². The second-order valence-corrected chi connectivity index (χ2v) is 16.3. The third-order valence-corrected chi connectivity index (χ3v) is 13.4. The van der Waals surface area contributed by atoms with Gasteiger partial charge in [-0.15, -0.1) is 0 Å². The lowest BCUT2D eigenvalue weighted by Crippen LogP contribution is -2.59. The van der Waals surface area contributed by atoms with E-state index in [1.165, 1.54) is 81.3 Å². The minimum absolute atomic E-state index is 0.0689. The van der Waals surface area contributed by atoms with Gasteiger partial charge in [-0.3, -0.25) is 0 Å². The summed E-state index contributed by atoms with van der Waals surface area (Å²) >= 11 is 0. The van der Waals surface area contributed by atoms with Gasteiger partial charge in [-0.25, -0.2) is 4.85 Å². The van der Waals surface area contributed by atoms with Crippen LogP contribution in [0.25, 0.3) is 114 Å². The zero-order valence-corrected chi connectivity index (χ0v) is 31.5. The Morgan fingerprint density at radius 3 is 1.66 bits per heavy atom. The molecule has 10 aromatic carbocycles. The molecule has 2 aliphatic heterocycles. The topological polar surface area (TPSA) is 38.0 Å². The largest absolute Gasteiger partial charge is 0.310 e. The van der Waals surface area contributed by atoms with Gasteiger partial charge in [0.2, 0.25) is 0 Å². The highest BCUT2D eigenvalue weighted by Gasteiger charge is 2.42. The van der Waals surface area contributed by atoms with E-state index >= 15 is 0 Å². The highest BCUT2D eigenvalue weighted by atomic mass is 15.0. The summed E-state index contributed by atoms with van der Waals surface area (Å²) < 4.78 is 4.99. The summed E-state index contributed by atoms with van der Waals surface area (Å²) in [5.41, 5.74) is 14.3. The number of rotatable bonds is 1. The first-order valence-corrected chi connectivity index (χ1v) is 20.0. The molecule has 59 heavy (non-hydrogen) atoms. The van der Waals surface area contributed by atoms with Crippen LogP contribution in [0.1, 0.15) is 5.56 Å². The molecule has 0 N–H and O–H groups in total. The Hall–Kier alpha value is -8.12. The molecule has 0 radical (unpaired) electrons. The van der Waals surface area contributed by atoms with Gasteiger partial charge < -0.3 is 9.13 Å². The second-order valence-electron chi connectivity index (χ2n) is 16.3. The van der Waals surface area contributed by atoms with E-state index < -0.39 is 0 Å². The molecule has 0 fully saturated rings. The second kappa shape index (κ2) is 10.8. The van der Waals surface area contributed by atoms with Gasteiger partial charge in [0.15, 0.2) is 5.69 Å². The highest BCUT2D eigenvalue weighted by Crippen LogP contribution is 2.45. The molecule has 0 amide bonds. The molecule has 266 valence electrons. The summed E-state index contributed by atoms with van der Waals surface area (Å²) in [5, 5.41) is 24.4. The van der Waals surface area contributed by atoms with Crippen LogP contribution in [-0.4, -0.2) is 15.8 Å². The SMILES string of the molecule is [C-]#[N+]c1ccc2c(c1)c1c3ccccc3cc3c1n2-c1cc(-c2ccc4cc5ccccc5cc4c2)cc2c1B3c1cc3ccccc3c3c4cc(C#N)ccc4n-2c13. The van der Waals surface area contributed by atoms with Crippen LogP contribution < -0.4 is 16.4 Å². The minimum Gasteiger partial charge on any atom is -0.310 e. The van der Waals surface area contributed by atoms with Gasteiger partial charge in [-0.05, 0) is 137 Å². The van der Waals surface area contributed by atoms with Gasteiger partial charge in [0.05, 0.1) is 34.8 Å². The fourth-order valence-electron chi connectivity index (χ4n) is 11.0. The molecule has 0 saturated carbocycles. The number of nitriles is 1. The first kappa shape index (κ1) is 31.0. The summed E-state index contributed by atoms with van der Waals surface area (Å²) in [6.45, 7) is 7.94. The maximum atomic E-state index is 10.2. The third-order valence-electron chi connectivity index (χ3n) is 13.4. The average molecular weight is 743 g/mol. The lowest BCUT2D eigenvalue weighted by atomic mass is 9.34. The maximum Gasteiger partial charge on any atom is 0.252 e. The standard InChI is InChI=1S/C54H27BN4/c1-57-39-17-19-47-43(28-39)51-41-13-7-5-11-36(41)25-45-54(51)59(47)49-27-38(34-16-15-33-21-31-8-2-3-9-32(31)22-37(33)23-34)26-48-52(49)55(45)44-24-35-10-4-6-12-40(35)50-42-20-30(29-56)14-18-46(42)58(48)53(44)50/h2-28H. The third kappa shape index (κ3) is 3.87. The van der Waals surface area contributed by atoms with Crippen molar-refractivity contribution in [1.82, 2.24) is 9.13 Å². The number of fused-ring (bicyclic) bond motifs is 16. The zero-order chi connectivity index (χ0) is 38.7. The monoisotopic (exact) mass is 742 g/mol. The summed E-state index contributed by atoms with van der Waals surface area (Å²) in [5.74, 6) is 0. The van der Waals surface area contributed by atoms with Crippen molar-refractivity contribution in [2.45, 2.75) is 0 Å². The van der Waals surface area contributed by atoms with Crippen LogP contribution in [-0.2, 0) is 0 Å². The Kier molecular flexibility index (Phi) is 5.70. The molecule has 0 unspecified atom stereocenters. The van der Waals surface area contributed by atoms with E-state index in [4.69, 9.17) is 6.57 Å². The smallest absolute Gasteiger partial charge is 0.252 e. The Morgan fingerprint density at radius 2 is 1.03 bits per heavy atom. The normalized spacial score (nSPS) is 12.7. The highest BCUT2D eigenvalue weighted by molar-refractivity contribution is 7.00. The minimum atomic E-state index is -0.0689. The molecule has 5 heteroatoms. The van der Waals surface area contributed by atoms with Crippen LogP contribution >= 0.6 is 0 Å². The predicted octanol–water partition coefficient (Wildman–Crippen LogP) is 11.7. The molecule has 0 atom stereocenters. The molecule has 0 spiro atoms. The fraction of sp³-hybridized carbons (Fsp3) is 0. The van der Waals surface area contributed by atoms with E-state index in [1.54, 1.807) is 0 Å². The summed E-state index contributed by atoms with van der Waals surface area (Å²) in [6.07, 6.45) is 0. The number of aromatic nitrogens is 2. The van der Waals surface area contributed by atoms with E-state index in [0.29, 0.717) is 11.3 Å². The molecule has 4 heterocycles. The van der Waals surface area contributed by atoms with Crippen molar-refractivity contribution in [3.05, 3.63) is 181 Å². The first-order valence-electron chi connectivity index (χ1n) is 20.0. The van der Waals surface area contributed by atoms with Crippen LogP contribution in [0.15, 0.2) is 164 Å². The molecule has 0 bridgehead atoms. The molecule has 0 saturated heterocycles. The Labute approximate surface area is 337 Å². The lowest BCUT2D eigenvalue weighted by Gasteiger charge is -2.34. The number of hydrogen-bond donors (Lipinski definition) is 0. The van der Waals surface area contributed by atoms with Crippen LogP contribution in [0.3, 0.4) is 0 Å². The van der Waals surface area contributed by atoms with Crippen molar-refractivity contribution in [3.63, 3.8) is 0 Å². The fourth-order valence-corrected chi connectivity index (χ4v) is 11.0. The Morgan fingerprint density at radius 1 is 0.475 bits per heavy atom. The number of nitrogens with zero attached hydrogens (tertiary/aromatic N) is 4. The summed E-state index contributed by atoms with van der Waals surface area (Å²) in [4.78, 5) is 3.91. The van der Waals surface area contributed by atoms with Gasteiger partial charge in [0.1, 0.15) is 0 Å². The van der Waals surface area contributed by atoms with Crippen LogP contribution in [0, 0.1) is 17.9 Å². The van der Waals surface area contributed by atoms with Gasteiger partial charge in [-0.2, -0.15) is 5.26 Å². The van der Waals surface area contributed by atoms with Crippen LogP contribution in [0.5, 0.6) is 0 Å². The van der Waals surface area contributed by atoms with Crippen molar-refractivity contribution in [2.24, 2.45) is 0 Å². The summed E-state index contributed by atoms with van der Waals surface area (Å²) in [7, 11) is 0. The molecule has 14 rings (SSSR count). The van der Waals surface area contributed by atoms with E-state index in [-0.39, 0.29) is 6.71 Å². The maximum absolute atomic E-state index is 10.2. The molecular formula is C54H27BN4. The van der Waals surface area contributed by atoms with E-state index in [9.17, 15) is 5.26 Å². The van der Waals surface area contributed by atoms with Crippen molar-refractivity contribution < 1.29 is 0 Å². The Bertz CT molecular complexity index is 3860. The zero-order valence-electron chi connectivity index (χ0n) is 31.5. The van der Waals surface area contributed by atoms with Gasteiger partial charge >= 0.3 is 0 Å². The van der Waals surface area contributed by atoms with Gasteiger partial charge in [-0.1, -0.05) is 103 Å². The van der Waals surface area contributed by atoms with Gasteiger partial charge in [0, 0.05) is 33.1 Å². The van der Waals surface area contributed by atoms with E-state index in [2.05, 4.69) is 172 Å². The lowest BCUT2D eigenvalue weighted by molar-refractivity contribution is 1.14. The number of benzene rings is 10. The molecule has 2 aromatic heterocycles. The first-order chi connectivity index (χ1) is 29.1. The molecule has 0 aliphatic carbocycles. The molecule has 2 aliphatic rings. The predicted molar refractivity (Wildman–Crippen MR) is 246 cm³/mol. The van der Waals surface area contributed by atoms with Crippen molar-refractivity contribution in [1.29, 1.82) is 5.26 Å². The van der Waals surface area contributed by atoms with Crippen LogP contribution in [0.2, 0.25) is 0 Å². The molecule has 4 nitrogen and oxygen atoms in total. The van der Waals surface area contributed by atoms with Crippen LogP contribution in [0.4, 0.5) is 5.69 Å². The average Bonchev–Trinajstić information content (AvgIpc) is 3.82. The van der Waals surface area contributed by atoms with E-state index in [1.807, 2.05) is 12.1 Å². The van der Waals surface area contributed by atoms with Gasteiger partial charge in [0.25, 0.3) is 6.71 Å². The Balaban J connectivity index is 1.21. The van der Waals surface area contributed by atoms with E-state index in [0.717, 1.165) is 44.3 Å². The van der Waals surface area contributed by atoms with Crippen molar-refractivity contribution in [2.75, 3.05) is 0 Å². The quantitative estimate of drug-likeness (QED) is 0.0937. The molecular weight excluding hydrogens is 715 g/mol.